The standard InChI is InChI=1S/C53H35N3/c1-34-18-20-37(21-19-34)50-33-51(56-52(55-50)38-24-22-35(23-25-38)36-28-30-54-31-29-36)39-26-27-45-41-11-3-2-10-40(41)42-12-4-7-15-46(42)53(49(45)32-39)47-16-8-5-13-43(47)44-14-6-9-17-48(44)53/h2-33H,1H3. The van der Waals surface area contributed by atoms with Crippen LogP contribution in [0.2, 0.25) is 0 Å². The number of aryl methyl sites for hydroxylation is 1. The van der Waals surface area contributed by atoms with Gasteiger partial charge in [-0.1, -0.05) is 163 Å². The molecule has 2 aliphatic carbocycles. The first-order chi connectivity index (χ1) is 27.7. The average molecular weight is 714 g/mol. The fraction of sp³-hybridized carbons (Fsp3) is 0.0377. The minimum atomic E-state index is -0.563. The zero-order chi connectivity index (χ0) is 37.2. The molecule has 7 aromatic carbocycles. The van der Waals surface area contributed by atoms with Crippen LogP contribution in [0.1, 0.15) is 27.8 Å². The van der Waals surface area contributed by atoms with E-state index in [0.29, 0.717) is 5.82 Å². The summed E-state index contributed by atoms with van der Waals surface area (Å²) in [4.78, 5) is 14.8. The summed E-state index contributed by atoms with van der Waals surface area (Å²) >= 11 is 0. The molecule has 0 bridgehead atoms. The maximum Gasteiger partial charge on any atom is 0.160 e. The van der Waals surface area contributed by atoms with Crippen LogP contribution in [0.15, 0.2) is 194 Å². The van der Waals surface area contributed by atoms with Gasteiger partial charge in [-0.2, -0.15) is 0 Å². The molecule has 2 heterocycles. The van der Waals surface area contributed by atoms with Gasteiger partial charge in [0.15, 0.2) is 5.82 Å². The Labute approximate surface area is 326 Å². The van der Waals surface area contributed by atoms with E-state index in [1.54, 1.807) is 0 Å². The van der Waals surface area contributed by atoms with Gasteiger partial charge in [0.25, 0.3) is 0 Å². The zero-order valence-electron chi connectivity index (χ0n) is 30.8. The van der Waals surface area contributed by atoms with Crippen LogP contribution in [0, 0.1) is 6.92 Å². The molecule has 9 aromatic rings. The molecule has 0 N–H and O–H groups in total. The molecule has 0 saturated carbocycles. The summed E-state index contributed by atoms with van der Waals surface area (Å²) in [5, 5.41) is 0. The van der Waals surface area contributed by atoms with Crippen LogP contribution in [-0.2, 0) is 5.41 Å². The first kappa shape index (κ1) is 32.2. The lowest BCUT2D eigenvalue weighted by Gasteiger charge is -2.35. The van der Waals surface area contributed by atoms with Gasteiger partial charge in [-0.05, 0) is 98.0 Å². The second-order valence-corrected chi connectivity index (χ2v) is 14.8. The van der Waals surface area contributed by atoms with E-state index in [9.17, 15) is 0 Å². The molecule has 0 unspecified atom stereocenters. The van der Waals surface area contributed by atoms with Crippen molar-refractivity contribution in [1.29, 1.82) is 0 Å². The number of aromatic nitrogens is 3. The van der Waals surface area contributed by atoms with Gasteiger partial charge in [-0.15, -0.1) is 0 Å². The van der Waals surface area contributed by atoms with Gasteiger partial charge in [-0.3, -0.25) is 4.98 Å². The van der Waals surface area contributed by atoms with Crippen LogP contribution in [0.4, 0.5) is 0 Å². The van der Waals surface area contributed by atoms with Crippen molar-refractivity contribution in [2.75, 3.05) is 0 Å². The summed E-state index contributed by atoms with van der Waals surface area (Å²) in [5.41, 5.74) is 20.4. The molecule has 0 aliphatic heterocycles. The molecule has 0 saturated heterocycles. The lowest BCUT2D eigenvalue weighted by atomic mass is 9.65. The summed E-state index contributed by atoms with van der Waals surface area (Å²) in [6, 6.07) is 66.3. The van der Waals surface area contributed by atoms with Gasteiger partial charge in [0, 0.05) is 29.1 Å². The minimum Gasteiger partial charge on any atom is -0.265 e. The molecule has 1 spiro atoms. The number of hydrogen-bond acceptors (Lipinski definition) is 3. The minimum absolute atomic E-state index is 0.563. The molecule has 262 valence electrons. The summed E-state index contributed by atoms with van der Waals surface area (Å²) < 4.78 is 0. The molecule has 2 aliphatic rings. The number of rotatable bonds is 4. The van der Waals surface area contributed by atoms with Gasteiger partial charge >= 0.3 is 0 Å². The fourth-order valence-corrected chi connectivity index (χ4v) is 9.16. The second kappa shape index (κ2) is 12.7. The van der Waals surface area contributed by atoms with E-state index in [0.717, 1.165) is 39.2 Å². The normalized spacial score (nSPS) is 12.9. The Balaban J connectivity index is 1.18. The molecule has 3 nitrogen and oxygen atoms in total. The first-order valence-electron chi connectivity index (χ1n) is 19.2. The highest BCUT2D eigenvalue weighted by atomic mass is 14.9. The maximum absolute atomic E-state index is 5.36. The van der Waals surface area contributed by atoms with Crippen LogP contribution in [0.5, 0.6) is 0 Å². The van der Waals surface area contributed by atoms with Gasteiger partial charge in [0.2, 0.25) is 0 Å². The Morgan fingerprint density at radius 2 is 0.768 bits per heavy atom. The third-order valence-corrected chi connectivity index (χ3v) is 11.7. The number of fused-ring (bicyclic) bond motifs is 12. The molecular formula is C53H35N3. The van der Waals surface area contributed by atoms with Crippen LogP contribution >= 0.6 is 0 Å². The second-order valence-electron chi connectivity index (χ2n) is 14.8. The molecule has 2 aromatic heterocycles. The quantitative estimate of drug-likeness (QED) is 0.182. The largest absolute Gasteiger partial charge is 0.265 e. The first-order valence-corrected chi connectivity index (χ1v) is 19.2. The molecular weight excluding hydrogens is 679 g/mol. The van der Waals surface area contributed by atoms with Crippen LogP contribution in [0.3, 0.4) is 0 Å². The Bertz CT molecular complexity index is 2920. The molecule has 3 heteroatoms. The number of benzene rings is 7. The van der Waals surface area contributed by atoms with E-state index in [2.05, 4.69) is 182 Å². The van der Waals surface area contributed by atoms with Crippen LogP contribution < -0.4 is 0 Å². The highest BCUT2D eigenvalue weighted by Crippen LogP contribution is 2.61. The SMILES string of the molecule is Cc1ccc(-c2cc(-c3ccc4c(c3)C3(c5ccccc5-c5ccccc5-4)c4ccccc4-c4ccccc43)nc(-c3ccc(-c4ccncc4)cc3)n2)cc1. The van der Waals surface area contributed by atoms with Crippen molar-refractivity contribution < 1.29 is 0 Å². The van der Waals surface area contributed by atoms with Crippen molar-refractivity contribution in [1.82, 2.24) is 15.0 Å². The van der Waals surface area contributed by atoms with E-state index in [1.165, 1.54) is 61.2 Å². The lowest BCUT2D eigenvalue weighted by Crippen LogP contribution is -2.29. The number of pyridine rings is 1. The van der Waals surface area contributed by atoms with Crippen molar-refractivity contribution in [2.24, 2.45) is 0 Å². The summed E-state index contributed by atoms with van der Waals surface area (Å²) in [6.07, 6.45) is 3.66. The average Bonchev–Trinajstić information content (AvgIpc) is 3.52. The molecule has 0 radical (unpaired) electrons. The van der Waals surface area contributed by atoms with Gasteiger partial charge in [0.05, 0.1) is 16.8 Å². The zero-order valence-corrected chi connectivity index (χ0v) is 30.8. The molecule has 56 heavy (non-hydrogen) atoms. The van der Waals surface area contributed by atoms with Gasteiger partial charge < -0.3 is 0 Å². The van der Waals surface area contributed by atoms with E-state index in [4.69, 9.17) is 9.97 Å². The highest BCUT2D eigenvalue weighted by molar-refractivity contribution is 5.98. The molecule has 0 amide bonds. The maximum atomic E-state index is 5.36. The fourth-order valence-electron chi connectivity index (χ4n) is 9.16. The molecule has 0 fully saturated rings. The Morgan fingerprint density at radius 3 is 1.36 bits per heavy atom. The highest BCUT2D eigenvalue weighted by Gasteiger charge is 2.49. The van der Waals surface area contributed by atoms with E-state index >= 15 is 0 Å². The van der Waals surface area contributed by atoms with Gasteiger partial charge in [0.1, 0.15) is 0 Å². The monoisotopic (exact) mass is 713 g/mol. The van der Waals surface area contributed by atoms with Crippen molar-refractivity contribution in [2.45, 2.75) is 12.3 Å². The van der Waals surface area contributed by atoms with Crippen LogP contribution in [0.25, 0.3) is 78.4 Å². The third-order valence-electron chi connectivity index (χ3n) is 11.7. The van der Waals surface area contributed by atoms with Gasteiger partial charge in [-0.25, -0.2) is 9.97 Å². The summed E-state index contributed by atoms with van der Waals surface area (Å²) in [6.45, 7) is 2.12. The number of hydrogen-bond donors (Lipinski definition) is 0. The van der Waals surface area contributed by atoms with Crippen molar-refractivity contribution in [3.8, 4) is 78.4 Å². The Morgan fingerprint density at radius 1 is 0.339 bits per heavy atom. The third kappa shape index (κ3) is 4.87. The summed E-state index contributed by atoms with van der Waals surface area (Å²) in [5.74, 6) is 0.691. The Hall–Kier alpha value is -7.23. The predicted octanol–water partition coefficient (Wildman–Crippen LogP) is 12.9. The smallest absolute Gasteiger partial charge is 0.160 e. The van der Waals surface area contributed by atoms with Crippen molar-refractivity contribution in [3.63, 3.8) is 0 Å². The van der Waals surface area contributed by atoms with Crippen molar-refractivity contribution in [3.05, 3.63) is 222 Å². The Kier molecular flexibility index (Phi) is 7.30. The van der Waals surface area contributed by atoms with Crippen LogP contribution in [-0.4, -0.2) is 15.0 Å². The van der Waals surface area contributed by atoms with E-state index in [-0.39, 0.29) is 0 Å². The van der Waals surface area contributed by atoms with E-state index in [1.807, 2.05) is 24.5 Å². The topological polar surface area (TPSA) is 38.7 Å². The molecule has 0 atom stereocenters. The lowest BCUT2D eigenvalue weighted by molar-refractivity contribution is 0.775. The van der Waals surface area contributed by atoms with Crippen molar-refractivity contribution >= 4 is 0 Å². The number of nitrogens with zero attached hydrogens (tertiary/aromatic N) is 3. The predicted molar refractivity (Wildman–Crippen MR) is 228 cm³/mol. The molecule has 11 rings (SSSR count). The summed E-state index contributed by atoms with van der Waals surface area (Å²) in [7, 11) is 0. The van der Waals surface area contributed by atoms with E-state index < -0.39 is 5.41 Å².